The van der Waals surface area contributed by atoms with E-state index in [4.69, 9.17) is 23.9 Å². The average Bonchev–Trinajstić information content (AvgIpc) is 3.71. The van der Waals surface area contributed by atoms with E-state index in [2.05, 4.69) is 44.4 Å². The quantitative estimate of drug-likeness (QED) is 0.126. The monoisotopic (exact) mass is 569 g/mol. The molecule has 1 fully saturated rings. The van der Waals surface area contributed by atoms with Crippen molar-refractivity contribution < 1.29 is 18.7 Å². The lowest BCUT2D eigenvalue weighted by molar-refractivity contribution is -0.111. The number of fused-ring (bicyclic) bond motifs is 1. The predicted molar refractivity (Wildman–Crippen MR) is 168 cm³/mol. The standard InChI is InChI=1S/C35H43N3O4/c1-24-17-31(40-6)32(18-28(24)36-19-25-11-9-12-26(25)20-39)42-23-35(4,5)21-34(2,3)22-38-29-14-8-7-13-27(29)37-33(38)30-15-10-16-41-30/h7-8,10,13-20,25-26H,9,11-12,21-23H2,1-6H3. The summed E-state index contributed by atoms with van der Waals surface area (Å²) in [5, 5.41) is 0. The van der Waals surface area contributed by atoms with Gasteiger partial charge in [-0.3, -0.25) is 4.99 Å². The Morgan fingerprint density at radius 3 is 2.57 bits per heavy atom. The highest BCUT2D eigenvalue weighted by atomic mass is 16.5. The van der Waals surface area contributed by atoms with Crippen LogP contribution in [0.25, 0.3) is 22.6 Å². The first-order valence-electron chi connectivity index (χ1n) is 14.9. The van der Waals surface area contributed by atoms with Crippen LogP contribution in [0.15, 0.2) is 64.2 Å². The maximum atomic E-state index is 11.4. The second-order valence-corrected chi connectivity index (χ2v) is 13.2. The van der Waals surface area contributed by atoms with Crippen molar-refractivity contribution in [3.8, 4) is 23.1 Å². The molecule has 7 heteroatoms. The van der Waals surface area contributed by atoms with Crippen molar-refractivity contribution in [3.63, 3.8) is 0 Å². The molecule has 2 unspecified atom stereocenters. The van der Waals surface area contributed by atoms with Crippen molar-refractivity contribution in [1.82, 2.24) is 9.55 Å². The summed E-state index contributed by atoms with van der Waals surface area (Å²) in [5.74, 6) is 3.27. The molecule has 2 aromatic carbocycles. The van der Waals surface area contributed by atoms with Gasteiger partial charge in [0.15, 0.2) is 23.1 Å². The van der Waals surface area contributed by atoms with Crippen molar-refractivity contribution in [3.05, 3.63) is 60.4 Å². The highest BCUT2D eigenvalue weighted by Gasteiger charge is 2.32. The van der Waals surface area contributed by atoms with Crippen LogP contribution in [0.4, 0.5) is 5.69 Å². The lowest BCUT2D eigenvalue weighted by Crippen LogP contribution is -2.31. The topological polar surface area (TPSA) is 78.9 Å². The first-order valence-corrected chi connectivity index (χ1v) is 14.9. The molecule has 5 rings (SSSR count). The molecule has 0 spiro atoms. The minimum atomic E-state index is -0.134. The van der Waals surface area contributed by atoms with Gasteiger partial charge < -0.3 is 23.3 Å². The van der Waals surface area contributed by atoms with Crippen LogP contribution in [0.5, 0.6) is 11.5 Å². The molecule has 4 aromatic rings. The van der Waals surface area contributed by atoms with Crippen molar-refractivity contribution in [2.24, 2.45) is 27.7 Å². The number of ether oxygens (including phenoxy) is 2. The molecule has 0 N–H and O–H groups in total. The average molecular weight is 570 g/mol. The Morgan fingerprint density at radius 1 is 1.05 bits per heavy atom. The maximum Gasteiger partial charge on any atom is 0.177 e. The van der Waals surface area contributed by atoms with Gasteiger partial charge in [-0.1, -0.05) is 46.2 Å². The van der Waals surface area contributed by atoms with Crippen LogP contribution >= 0.6 is 0 Å². The number of hydrogen-bond donors (Lipinski definition) is 0. The predicted octanol–water partition coefficient (Wildman–Crippen LogP) is 8.45. The number of rotatable bonds is 12. The van der Waals surface area contributed by atoms with Crippen LogP contribution in [-0.4, -0.2) is 35.8 Å². The number of hydrogen-bond acceptors (Lipinski definition) is 6. The van der Waals surface area contributed by atoms with E-state index in [1.54, 1.807) is 13.4 Å². The zero-order chi connectivity index (χ0) is 29.9. The number of benzene rings is 2. The minimum absolute atomic E-state index is 0.0686. The van der Waals surface area contributed by atoms with Gasteiger partial charge in [-0.05, 0) is 72.9 Å². The van der Waals surface area contributed by atoms with Crippen LogP contribution < -0.4 is 9.47 Å². The first kappa shape index (κ1) is 29.6. The van der Waals surface area contributed by atoms with Gasteiger partial charge >= 0.3 is 0 Å². The molecule has 2 aromatic heterocycles. The van der Waals surface area contributed by atoms with Gasteiger partial charge in [0.05, 0.1) is 36.7 Å². The number of para-hydroxylation sites is 2. The van der Waals surface area contributed by atoms with Crippen LogP contribution in [0.3, 0.4) is 0 Å². The zero-order valence-electron chi connectivity index (χ0n) is 25.7. The number of aliphatic imine (C=N–C) groups is 1. The van der Waals surface area contributed by atoms with Crippen molar-refractivity contribution in [2.75, 3.05) is 13.7 Å². The summed E-state index contributed by atoms with van der Waals surface area (Å²) in [7, 11) is 1.66. The summed E-state index contributed by atoms with van der Waals surface area (Å²) in [6.07, 6.45) is 8.66. The van der Waals surface area contributed by atoms with Crippen molar-refractivity contribution in [1.29, 1.82) is 0 Å². The number of nitrogens with zero attached hydrogens (tertiary/aromatic N) is 3. The number of methoxy groups -OCH3 is 1. The Hall–Kier alpha value is -3.87. The molecule has 2 atom stereocenters. The highest BCUT2D eigenvalue weighted by Crippen LogP contribution is 2.40. The SMILES string of the molecule is COc1cc(C)c(N=CC2CCCC2C=O)cc1OCC(C)(C)CC(C)(C)Cn1c(-c2ccco2)nc2ccccc21. The summed E-state index contributed by atoms with van der Waals surface area (Å²) in [4.78, 5) is 21.1. The van der Waals surface area contributed by atoms with Crippen molar-refractivity contribution >= 4 is 29.2 Å². The Labute approximate surface area is 249 Å². The minimum Gasteiger partial charge on any atom is -0.493 e. The van der Waals surface area contributed by atoms with E-state index in [0.717, 1.165) is 72.4 Å². The first-order chi connectivity index (χ1) is 20.1. The fourth-order valence-electron chi connectivity index (χ4n) is 6.54. The van der Waals surface area contributed by atoms with Gasteiger partial charge in [0, 0.05) is 30.7 Å². The molecule has 0 saturated heterocycles. The maximum absolute atomic E-state index is 11.4. The molecule has 0 amide bonds. The zero-order valence-corrected chi connectivity index (χ0v) is 25.7. The van der Waals surface area contributed by atoms with E-state index in [1.165, 1.54) is 0 Å². The van der Waals surface area contributed by atoms with E-state index < -0.39 is 0 Å². The largest absolute Gasteiger partial charge is 0.493 e. The number of aldehydes is 1. The highest BCUT2D eigenvalue weighted by molar-refractivity contribution is 5.79. The summed E-state index contributed by atoms with van der Waals surface area (Å²) in [5.41, 5.74) is 3.71. The molecule has 222 valence electrons. The van der Waals surface area contributed by atoms with E-state index in [1.807, 2.05) is 49.5 Å². The van der Waals surface area contributed by atoms with Gasteiger partial charge in [-0.25, -0.2) is 4.98 Å². The van der Waals surface area contributed by atoms with E-state index in [0.29, 0.717) is 18.1 Å². The fourth-order valence-corrected chi connectivity index (χ4v) is 6.54. The lowest BCUT2D eigenvalue weighted by atomic mass is 9.75. The Balaban J connectivity index is 1.31. The number of aromatic nitrogens is 2. The molecule has 2 heterocycles. The van der Waals surface area contributed by atoms with Gasteiger partial charge in [-0.2, -0.15) is 0 Å². The third-order valence-electron chi connectivity index (χ3n) is 8.24. The second-order valence-electron chi connectivity index (χ2n) is 13.2. The molecule has 0 bridgehead atoms. The number of carbonyl (C=O) groups is 1. The molecular weight excluding hydrogens is 526 g/mol. The smallest absolute Gasteiger partial charge is 0.177 e. The molecule has 42 heavy (non-hydrogen) atoms. The molecule has 7 nitrogen and oxygen atoms in total. The van der Waals surface area contributed by atoms with Gasteiger partial charge in [0.25, 0.3) is 0 Å². The molecule has 0 radical (unpaired) electrons. The molecule has 1 aliphatic rings. The number of aryl methyl sites for hydroxylation is 1. The summed E-state index contributed by atoms with van der Waals surface area (Å²) in [6.45, 7) is 12.4. The molecule has 1 aliphatic carbocycles. The molecule has 0 aliphatic heterocycles. The number of imidazole rings is 1. The Morgan fingerprint density at radius 2 is 1.83 bits per heavy atom. The summed E-state index contributed by atoms with van der Waals surface area (Å²) < 4.78 is 20.1. The third kappa shape index (κ3) is 6.61. The van der Waals surface area contributed by atoms with Gasteiger partial charge in [0.2, 0.25) is 0 Å². The second kappa shape index (κ2) is 12.2. The lowest BCUT2D eigenvalue weighted by Gasteiger charge is -2.35. The number of carbonyl (C=O) groups excluding carboxylic acids is 1. The van der Waals surface area contributed by atoms with E-state index in [-0.39, 0.29) is 22.7 Å². The fraction of sp³-hybridized carbons (Fsp3) is 0.457. The van der Waals surface area contributed by atoms with Gasteiger partial charge in [-0.15, -0.1) is 0 Å². The normalized spacial score (nSPS) is 17.8. The Bertz CT molecular complexity index is 1550. The molecule has 1 saturated carbocycles. The Kier molecular flexibility index (Phi) is 8.58. The summed E-state index contributed by atoms with van der Waals surface area (Å²) in [6, 6.07) is 16.0. The van der Waals surface area contributed by atoms with Crippen LogP contribution in [-0.2, 0) is 11.3 Å². The van der Waals surface area contributed by atoms with Crippen LogP contribution in [0.2, 0.25) is 0 Å². The van der Waals surface area contributed by atoms with Crippen molar-refractivity contribution in [2.45, 2.75) is 66.8 Å². The molecular formula is C35H43N3O4. The summed E-state index contributed by atoms with van der Waals surface area (Å²) >= 11 is 0. The third-order valence-corrected chi connectivity index (χ3v) is 8.24. The van der Waals surface area contributed by atoms with E-state index >= 15 is 0 Å². The van der Waals surface area contributed by atoms with Crippen LogP contribution in [0, 0.1) is 29.6 Å². The van der Waals surface area contributed by atoms with E-state index in [9.17, 15) is 4.79 Å². The number of furan rings is 1. The van der Waals surface area contributed by atoms with Gasteiger partial charge in [0.1, 0.15) is 6.29 Å². The van der Waals surface area contributed by atoms with Crippen LogP contribution in [0.1, 0.15) is 58.9 Å².